The minimum atomic E-state index is -3.28. The van der Waals surface area contributed by atoms with Crippen molar-refractivity contribution in [3.05, 3.63) is 29.3 Å². The van der Waals surface area contributed by atoms with Gasteiger partial charge in [-0.05, 0) is 37.1 Å². The molecule has 2 rings (SSSR count). The third-order valence-corrected chi connectivity index (χ3v) is 4.99. The molecule has 1 aliphatic heterocycles. The number of hydrogen-bond donors (Lipinski definition) is 0. The topological polar surface area (TPSA) is 40.6 Å². The van der Waals surface area contributed by atoms with Crippen LogP contribution in [0.2, 0.25) is 0 Å². The average Bonchev–Trinajstić information content (AvgIpc) is 2.47. The molecule has 0 aliphatic carbocycles. The van der Waals surface area contributed by atoms with E-state index in [2.05, 4.69) is 0 Å². The maximum absolute atomic E-state index is 11.9. The van der Waals surface area contributed by atoms with Gasteiger partial charge in [0.15, 0.2) is 0 Å². The molecule has 1 aromatic rings. The summed E-state index contributed by atoms with van der Waals surface area (Å²) < 4.78 is 26.7. The van der Waals surface area contributed by atoms with Crippen LogP contribution in [0.3, 0.4) is 0 Å². The normalized spacial score (nSPS) is 20.3. The van der Waals surface area contributed by atoms with E-state index in [0.29, 0.717) is 13.1 Å². The number of nitrogens with zero attached hydrogens (tertiary/aromatic N) is 2. The number of anilines is 1. The van der Waals surface area contributed by atoms with Gasteiger partial charge in [-0.3, -0.25) is 4.31 Å². The predicted molar refractivity (Wildman–Crippen MR) is 64.8 cm³/mol. The molecular formula is C11H16N2O2S. The Kier molecular flexibility index (Phi) is 2.67. The zero-order valence-corrected chi connectivity index (χ0v) is 10.6. The molecule has 0 aromatic heterocycles. The quantitative estimate of drug-likeness (QED) is 0.742. The fourth-order valence-corrected chi connectivity index (χ4v) is 3.11. The van der Waals surface area contributed by atoms with Gasteiger partial charge in [-0.2, -0.15) is 12.7 Å². The Morgan fingerprint density at radius 2 is 1.81 bits per heavy atom. The van der Waals surface area contributed by atoms with Crippen LogP contribution in [0.4, 0.5) is 5.69 Å². The van der Waals surface area contributed by atoms with Crippen LogP contribution in [-0.4, -0.2) is 32.9 Å². The van der Waals surface area contributed by atoms with E-state index in [4.69, 9.17) is 0 Å². The Labute approximate surface area is 96.7 Å². The lowest BCUT2D eigenvalue weighted by Crippen LogP contribution is -2.30. The summed E-state index contributed by atoms with van der Waals surface area (Å²) in [6.07, 6.45) is 0. The SMILES string of the molecule is Cc1ccc(N2CCN(C)S2(=O)=O)cc1C. The highest BCUT2D eigenvalue weighted by molar-refractivity contribution is 7.90. The average molecular weight is 240 g/mol. The Balaban J connectivity index is 2.43. The van der Waals surface area contributed by atoms with Gasteiger partial charge in [-0.1, -0.05) is 6.07 Å². The van der Waals surface area contributed by atoms with Crippen molar-refractivity contribution in [2.45, 2.75) is 13.8 Å². The van der Waals surface area contributed by atoms with Gasteiger partial charge < -0.3 is 0 Å². The Bertz CT molecular complexity index is 511. The van der Waals surface area contributed by atoms with E-state index in [1.54, 1.807) is 7.05 Å². The van der Waals surface area contributed by atoms with Crippen molar-refractivity contribution in [1.82, 2.24) is 4.31 Å². The van der Waals surface area contributed by atoms with E-state index in [1.807, 2.05) is 32.0 Å². The van der Waals surface area contributed by atoms with E-state index < -0.39 is 10.2 Å². The van der Waals surface area contributed by atoms with Gasteiger partial charge in [0.25, 0.3) is 0 Å². The van der Waals surface area contributed by atoms with Gasteiger partial charge in [-0.15, -0.1) is 0 Å². The van der Waals surface area contributed by atoms with Crippen molar-refractivity contribution in [2.24, 2.45) is 0 Å². The molecule has 0 saturated carbocycles. The van der Waals surface area contributed by atoms with Crippen LogP contribution in [0.25, 0.3) is 0 Å². The van der Waals surface area contributed by atoms with Crippen LogP contribution >= 0.6 is 0 Å². The van der Waals surface area contributed by atoms with Crippen LogP contribution in [0, 0.1) is 13.8 Å². The van der Waals surface area contributed by atoms with E-state index in [-0.39, 0.29) is 0 Å². The second-order valence-corrected chi connectivity index (χ2v) is 6.13. The Morgan fingerprint density at radius 1 is 1.12 bits per heavy atom. The van der Waals surface area contributed by atoms with Gasteiger partial charge >= 0.3 is 10.2 Å². The van der Waals surface area contributed by atoms with E-state index >= 15 is 0 Å². The fraction of sp³-hybridized carbons (Fsp3) is 0.455. The molecule has 0 amide bonds. The summed E-state index contributed by atoms with van der Waals surface area (Å²) in [6.45, 7) is 5.09. The fourth-order valence-electron chi connectivity index (χ4n) is 1.77. The first-order valence-electron chi connectivity index (χ1n) is 5.24. The van der Waals surface area contributed by atoms with Gasteiger partial charge in [0.2, 0.25) is 0 Å². The van der Waals surface area contributed by atoms with Gasteiger partial charge in [0, 0.05) is 20.1 Å². The molecule has 1 fully saturated rings. The van der Waals surface area contributed by atoms with Gasteiger partial charge in [0.05, 0.1) is 5.69 Å². The summed E-state index contributed by atoms with van der Waals surface area (Å²) >= 11 is 0. The molecule has 1 heterocycles. The van der Waals surface area contributed by atoms with E-state index in [1.165, 1.54) is 14.2 Å². The Morgan fingerprint density at radius 3 is 2.31 bits per heavy atom. The smallest absolute Gasteiger partial charge is 0.256 e. The summed E-state index contributed by atoms with van der Waals surface area (Å²) in [5.41, 5.74) is 3.04. The molecule has 0 atom stereocenters. The molecule has 1 saturated heterocycles. The van der Waals surface area contributed by atoms with Crippen LogP contribution in [-0.2, 0) is 10.2 Å². The van der Waals surface area contributed by atoms with Crippen LogP contribution in [0.15, 0.2) is 18.2 Å². The van der Waals surface area contributed by atoms with Gasteiger partial charge in [0.1, 0.15) is 0 Å². The second kappa shape index (κ2) is 3.75. The van der Waals surface area contributed by atoms with Crippen molar-refractivity contribution in [1.29, 1.82) is 0 Å². The van der Waals surface area contributed by atoms with E-state index in [0.717, 1.165) is 11.3 Å². The zero-order valence-electron chi connectivity index (χ0n) is 9.77. The first-order chi connectivity index (χ1) is 7.43. The maximum atomic E-state index is 11.9. The molecule has 1 aliphatic rings. The van der Waals surface area contributed by atoms with Gasteiger partial charge in [-0.25, -0.2) is 0 Å². The summed E-state index contributed by atoms with van der Waals surface area (Å²) in [5.74, 6) is 0. The zero-order chi connectivity index (χ0) is 11.9. The summed E-state index contributed by atoms with van der Waals surface area (Å²) in [4.78, 5) is 0. The number of benzene rings is 1. The van der Waals surface area contributed by atoms with Crippen molar-refractivity contribution in [3.8, 4) is 0 Å². The third kappa shape index (κ3) is 1.70. The number of hydrogen-bond acceptors (Lipinski definition) is 2. The molecule has 0 spiro atoms. The van der Waals surface area contributed by atoms with Crippen molar-refractivity contribution in [2.75, 3.05) is 24.4 Å². The highest BCUT2D eigenvalue weighted by atomic mass is 32.2. The highest BCUT2D eigenvalue weighted by Gasteiger charge is 2.33. The lowest BCUT2D eigenvalue weighted by atomic mass is 10.1. The Hall–Kier alpha value is -1.07. The molecule has 0 unspecified atom stereocenters. The summed E-state index contributed by atoms with van der Waals surface area (Å²) in [5, 5.41) is 0. The molecule has 0 bridgehead atoms. The minimum absolute atomic E-state index is 0.529. The van der Waals surface area contributed by atoms with Crippen molar-refractivity contribution >= 4 is 15.9 Å². The molecule has 16 heavy (non-hydrogen) atoms. The molecule has 5 heteroatoms. The predicted octanol–water partition coefficient (Wildman–Crippen LogP) is 1.30. The number of likely N-dealkylation sites (N-methyl/N-ethyl adjacent to an activating group) is 1. The molecule has 0 radical (unpaired) electrons. The molecule has 4 nitrogen and oxygen atoms in total. The second-order valence-electron chi connectivity index (χ2n) is 4.17. The number of rotatable bonds is 1. The van der Waals surface area contributed by atoms with Crippen LogP contribution in [0.5, 0.6) is 0 Å². The first kappa shape index (κ1) is 11.4. The van der Waals surface area contributed by atoms with Crippen LogP contribution < -0.4 is 4.31 Å². The summed E-state index contributed by atoms with van der Waals surface area (Å²) in [6, 6.07) is 5.74. The minimum Gasteiger partial charge on any atom is -0.256 e. The monoisotopic (exact) mass is 240 g/mol. The van der Waals surface area contributed by atoms with E-state index in [9.17, 15) is 8.42 Å². The molecule has 1 aromatic carbocycles. The highest BCUT2D eigenvalue weighted by Crippen LogP contribution is 2.25. The van der Waals surface area contributed by atoms with Crippen LogP contribution in [0.1, 0.15) is 11.1 Å². The molecular weight excluding hydrogens is 224 g/mol. The summed E-state index contributed by atoms with van der Waals surface area (Å²) in [7, 11) is -1.67. The molecule has 0 N–H and O–H groups in total. The largest absolute Gasteiger partial charge is 0.303 e. The standard InChI is InChI=1S/C11H16N2O2S/c1-9-4-5-11(8-10(9)2)13-7-6-12(3)16(13,14)15/h4-5,8H,6-7H2,1-3H3. The maximum Gasteiger partial charge on any atom is 0.303 e. The lowest BCUT2D eigenvalue weighted by molar-refractivity contribution is 0.511. The molecule has 88 valence electrons. The first-order valence-corrected chi connectivity index (χ1v) is 6.64. The van der Waals surface area contributed by atoms with Crippen molar-refractivity contribution < 1.29 is 8.42 Å². The third-order valence-electron chi connectivity index (χ3n) is 3.07. The lowest BCUT2D eigenvalue weighted by Gasteiger charge is -2.18. The van der Waals surface area contributed by atoms with Crippen molar-refractivity contribution in [3.63, 3.8) is 0 Å². The number of aryl methyl sites for hydroxylation is 2.